The van der Waals surface area contributed by atoms with Crippen molar-refractivity contribution in [2.75, 3.05) is 0 Å². The molecule has 0 bridgehead atoms. The Balaban J connectivity index is 1.68. The van der Waals surface area contributed by atoms with Gasteiger partial charge in [0.1, 0.15) is 18.1 Å². The van der Waals surface area contributed by atoms with Crippen molar-refractivity contribution in [1.82, 2.24) is 5.01 Å². The molecule has 0 spiro atoms. The summed E-state index contributed by atoms with van der Waals surface area (Å²) in [7, 11) is 0. The van der Waals surface area contributed by atoms with Gasteiger partial charge >= 0.3 is 12.1 Å². The highest BCUT2D eigenvalue weighted by Gasteiger charge is 2.61. The van der Waals surface area contributed by atoms with E-state index >= 15 is 0 Å². The number of carbonyl (C=O) groups excluding carboxylic acids is 1. The van der Waals surface area contributed by atoms with E-state index in [0.29, 0.717) is 5.75 Å². The molecule has 144 valence electrons. The summed E-state index contributed by atoms with van der Waals surface area (Å²) in [5.74, 6) is -0.734. The van der Waals surface area contributed by atoms with Gasteiger partial charge in [-0.25, -0.2) is 0 Å². The molecular formula is C18H17F3N2O4. The van der Waals surface area contributed by atoms with Crippen LogP contribution in [0.15, 0.2) is 45.9 Å². The fourth-order valence-corrected chi connectivity index (χ4v) is 2.54. The molecule has 1 aliphatic rings. The Bertz CT molecular complexity index is 845. The number of hydrazone groups is 1. The second-order valence-corrected chi connectivity index (χ2v) is 5.99. The summed E-state index contributed by atoms with van der Waals surface area (Å²) in [4.78, 5) is 12.3. The predicted octanol–water partition coefficient (Wildman–Crippen LogP) is 3.50. The van der Waals surface area contributed by atoms with Gasteiger partial charge in [0.15, 0.2) is 5.76 Å². The van der Waals surface area contributed by atoms with Gasteiger partial charge in [-0.3, -0.25) is 4.79 Å². The number of rotatable bonds is 5. The van der Waals surface area contributed by atoms with E-state index < -0.39 is 24.2 Å². The van der Waals surface area contributed by atoms with Gasteiger partial charge in [0.25, 0.3) is 5.72 Å². The lowest BCUT2D eigenvalue weighted by Crippen LogP contribution is -2.56. The van der Waals surface area contributed by atoms with E-state index in [1.54, 1.807) is 12.1 Å². The quantitative estimate of drug-likeness (QED) is 0.859. The number of hydrogen-bond donors (Lipinski definition) is 1. The maximum absolute atomic E-state index is 13.1. The Hall–Kier alpha value is -2.81. The van der Waals surface area contributed by atoms with E-state index in [1.807, 2.05) is 19.1 Å². The third kappa shape index (κ3) is 3.68. The Morgan fingerprint density at radius 2 is 2.00 bits per heavy atom. The van der Waals surface area contributed by atoms with Crippen LogP contribution in [0.1, 0.15) is 35.2 Å². The fourth-order valence-electron chi connectivity index (χ4n) is 2.54. The molecule has 0 radical (unpaired) electrons. The number of nitrogens with zero attached hydrogens (tertiary/aromatic N) is 2. The number of hydrogen-bond acceptors (Lipinski definition) is 5. The van der Waals surface area contributed by atoms with Crippen LogP contribution in [-0.4, -0.2) is 34.1 Å². The molecule has 27 heavy (non-hydrogen) atoms. The number of benzene rings is 1. The van der Waals surface area contributed by atoms with Crippen LogP contribution >= 0.6 is 0 Å². The summed E-state index contributed by atoms with van der Waals surface area (Å²) in [5, 5.41) is 13.1. The number of aryl methyl sites for hydroxylation is 1. The second kappa shape index (κ2) is 7.07. The smallest absolute Gasteiger partial charge is 0.438 e. The first-order valence-corrected chi connectivity index (χ1v) is 8.21. The number of ether oxygens (including phenoxy) is 1. The van der Waals surface area contributed by atoms with E-state index in [1.165, 1.54) is 12.1 Å². The van der Waals surface area contributed by atoms with Crippen LogP contribution in [0.4, 0.5) is 13.2 Å². The molecular weight excluding hydrogens is 365 g/mol. The lowest BCUT2D eigenvalue weighted by Gasteiger charge is -2.31. The summed E-state index contributed by atoms with van der Waals surface area (Å²) in [6.45, 7) is 2.02. The van der Waals surface area contributed by atoms with Crippen molar-refractivity contribution in [3.05, 3.63) is 53.5 Å². The first-order chi connectivity index (χ1) is 12.7. The monoisotopic (exact) mass is 382 g/mol. The topological polar surface area (TPSA) is 75.3 Å². The largest absolute Gasteiger partial charge is 0.486 e. The van der Waals surface area contributed by atoms with Crippen molar-refractivity contribution >= 4 is 12.1 Å². The van der Waals surface area contributed by atoms with Gasteiger partial charge in [-0.2, -0.15) is 23.3 Å². The van der Waals surface area contributed by atoms with Crippen LogP contribution in [0.25, 0.3) is 0 Å². The van der Waals surface area contributed by atoms with Crippen molar-refractivity contribution in [3.8, 4) is 5.75 Å². The molecule has 2 heterocycles. The molecule has 0 unspecified atom stereocenters. The Labute approximate surface area is 152 Å². The molecule has 0 saturated heterocycles. The van der Waals surface area contributed by atoms with Crippen molar-refractivity contribution in [1.29, 1.82) is 0 Å². The van der Waals surface area contributed by atoms with Crippen LogP contribution < -0.4 is 4.74 Å². The minimum Gasteiger partial charge on any atom is -0.486 e. The SMILES string of the molecule is CCc1ccc(OCc2ccc(C(=O)N3N=CC[C@@]3(O)C(F)(F)F)o2)cc1. The first kappa shape index (κ1) is 19.0. The minimum atomic E-state index is -5.05. The number of amides is 1. The first-order valence-electron chi connectivity index (χ1n) is 8.21. The van der Waals surface area contributed by atoms with E-state index in [2.05, 4.69) is 5.10 Å². The van der Waals surface area contributed by atoms with Crippen LogP contribution in [0.2, 0.25) is 0 Å². The number of alkyl halides is 3. The molecule has 1 amide bonds. The van der Waals surface area contributed by atoms with Crippen LogP contribution in [0, 0.1) is 0 Å². The van der Waals surface area contributed by atoms with Gasteiger partial charge in [-0.05, 0) is 36.2 Å². The normalized spacial score (nSPS) is 19.5. The number of carbonyl (C=O) groups is 1. The molecule has 0 fully saturated rings. The number of furan rings is 1. The van der Waals surface area contributed by atoms with Crippen LogP contribution in [0.5, 0.6) is 5.75 Å². The minimum absolute atomic E-state index is 0.00837. The van der Waals surface area contributed by atoms with Crippen LogP contribution in [-0.2, 0) is 13.0 Å². The lowest BCUT2D eigenvalue weighted by atomic mass is 10.1. The van der Waals surface area contributed by atoms with Gasteiger partial charge in [0.05, 0.1) is 0 Å². The second-order valence-electron chi connectivity index (χ2n) is 5.99. The van der Waals surface area contributed by atoms with E-state index in [9.17, 15) is 23.1 Å². The van der Waals surface area contributed by atoms with Gasteiger partial charge in [-0.15, -0.1) is 0 Å². The van der Waals surface area contributed by atoms with Crippen molar-refractivity contribution in [3.63, 3.8) is 0 Å². The highest BCUT2D eigenvalue weighted by molar-refractivity contribution is 5.93. The molecule has 1 atom stereocenters. The average molecular weight is 382 g/mol. The molecule has 2 aromatic rings. The standard InChI is InChI=1S/C18H17F3N2O4/c1-2-12-3-5-13(6-4-12)26-11-14-7-8-15(27-14)16(24)23-17(25,9-10-22-23)18(19,20)21/h3-8,10,25H,2,9,11H2,1H3/t17-/m1/s1. The molecule has 1 N–H and O–H groups in total. The number of halogens is 3. The average Bonchev–Trinajstić information content (AvgIpc) is 3.27. The third-order valence-electron chi connectivity index (χ3n) is 4.15. The van der Waals surface area contributed by atoms with Gasteiger partial charge < -0.3 is 14.3 Å². The molecule has 0 saturated carbocycles. The van der Waals surface area contributed by atoms with Crippen molar-refractivity contribution in [2.45, 2.75) is 38.3 Å². The lowest BCUT2D eigenvalue weighted by molar-refractivity contribution is -0.297. The molecule has 1 aromatic heterocycles. The zero-order valence-corrected chi connectivity index (χ0v) is 14.4. The van der Waals surface area contributed by atoms with E-state index in [-0.39, 0.29) is 23.1 Å². The maximum atomic E-state index is 13.1. The zero-order valence-electron chi connectivity index (χ0n) is 14.4. The zero-order chi connectivity index (χ0) is 19.7. The van der Waals surface area contributed by atoms with Gasteiger partial charge in [-0.1, -0.05) is 19.1 Å². The third-order valence-corrected chi connectivity index (χ3v) is 4.15. The predicted molar refractivity (Wildman–Crippen MR) is 89.1 cm³/mol. The Kier molecular flexibility index (Phi) is 4.97. The van der Waals surface area contributed by atoms with Crippen LogP contribution in [0.3, 0.4) is 0 Å². The maximum Gasteiger partial charge on any atom is 0.438 e. The Morgan fingerprint density at radius 3 is 2.63 bits per heavy atom. The molecule has 1 aromatic carbocycles. The molecule has 3 rings (SSSR count). The number of aliphatic hydroxyl groups is 1. The summed E-state index contributed by atoms with van der Waals surface area (Å²) in [6.07, 6.45) is -4.17. The highest BCUT2D eigenvalue weighted by atomic mass is 19.4. The van der Waals surface area contributed by atoms with Gasteiger partial charge in [0, 0.05) is 12.6 Å². The van der Waals surface area contributed by atoms with E-state index in [0.717, 1.165) is 18.2 Å². The summed E-state index contributed by atoms with van der Waals surface area (Å²) < 4.78 is 50.0. The molecule has 1 aliphatic heterocycles. The van der Waals surface area contributed by atoms with Crippen molar-refractivity contribution in [2.24, 2.45) is 5.10 Å². The highest BCUT2D eigenvalue weighted by Crippen LogP contribution is 2.39. The van der Waals surface area contributed by atoms with Gasteiger partial charge in [0.2, 0.25) is 0 Å². The Morgan fingerprint density at radius 1 is 1.30 bits per heavy atom. The summed E-state index contributed by atoms with van der Waals surface area (Å²) in [6, 6.07) is 10.0. The fraction of sp³-hybridized carbons (Fsp3) is 0.333. The van der Waals surface area contributed by atoms with Crippen molar-refractivity contribution < 1.29 is 32.2 Å². The molecule has 6 nitrogen and oxygen atoms in total. The summed E-state index contributed by atoms with van der Waals surface area (Å²) >= 11 is 0. The van der Waals surface area contributed by atoms with E-state index in [4.69, 9.17) is 9.15 Å². The summed E-state index contributed by atoms with van der Waals surface area (Å²) in [5.41, 5.74) is -2.23. The molecule has 9 heteroatoms. The molecule has 0 aliphatic carbocycles.